The van der Waals surface area contributed by atoms with Crippen LogP contribution in [0.4, 0.5) is 0 Å². The Balaban J connectivity index is 2.12. The molecule has 1 aliphatic rings. The maximum absolute atomic E-state index is 12.4. The summed E-state index contributed by atoms with van der Waals surface area (Å²) in [4.78, 5) is 23.5. The van der Waals surface area contributed by atoms with E-state index in [1.165, 1.54) is 0 Å². The van der Waals surface area contributed by atoms with Crippen molar-refractivity contribution >= 4 is 27.7 Å². The van der Waals surface area contributed by atoms with Crippen molar-refractivity contribution in [3.63, 3.8) is 0 Å². The van der Waals surface area contributed by atoms with Crippen LogP contribution in [0, 0.1) is 5.41 Å². The number of carboxylic acid groups (broad SMARTS) is 1. The highest BCUT2D eigenvalue weighted by atomic mass is 79.9. The second-order valence-electron chi connectivity index (χ2n) is 5.74. The van der Waals surface area contributed by atoms with Crippen LogP contribution < -0.4 is 0 Å². The maximum atomic E-state index is 12.4. The summed E-state index contributed by atoms with van der Waals surface area (Å²) >= 11 is 3.35. The largest absolute Gasteiger partial charge is 0.481 e. The van der Waals surface area contributed by atoms with Crippen LogP contribution in [0.25, 0.3) is 0 Å². The normalized spacial score (nSPS) is 17.6. The highest BCUT2D eigenvalue weighted by Crippen LogP contribution is 2.43. The lowest BCUT2D eigenvalue weighted by molar-refractivity contribution is -0.140. The van der Waals surface area contributed by atoms with Crippen molar-refractivity contribution in [1.29, 1.82) is 0 Å². The number of carbonyl (C=O) groups excluding carboxylic acids is 1. The molecule has 1 aliphatic carbocycles. The molecule has 0 radical (unpaired) electrons. The van der Waals surface area contributed by atoms with Gasteiger partial charge in [-0.05, 0) is 30.4 Å². The van der Waals surface area contributed by atoms with Gasteiger partial charge < -0.3 is 5.11 Å². The molecule has 108 valence electrons. The predicted molar refractivity (Wildman–Crippen MR) is 80.9 cm³/mol. The van der Waals surface area contributed by atoms with Crippen LogP contribution in [0.1, 0.15) is 55.3 Å². The molecule has 1 aromatic rings. The van der Waals surface area contributed by atoms with Crippen LogP contribution in [0.2, 0.25) is 0 Å². The van der Waals surface area contributed by atoms with Crippen molar-refractivity contribution in [2.24, 2.45) is 5.41 Å². The highest BCUT2D eigenvalue weighted by molar-refractivity contribution is 9.10. The molecule has 1 aromatic carbocycles. The molecule has 0 atom stereocenters. The molecule has 0 unspecified atom stereocenters. The third kappa shape index (κ3) is 3.92. The number of benzene rings is 1. The molecule has 0 bridgehead atoms. The summed E-state index contributed by atoms with van der Waals surface area (Å²) < 4.78 is 0.937. The Morgan fingerprint density at radius 3 is 2.20 bits per heavy atom. The van der Waals surface area contributed by atoms with Crippen molar-refractivity contribution in [1.82, 2.24) is 0 Å². The minimum Gasteiger partial charge on any atom is -0.481 e. The average molecular weight is 339 g/mol. The molecule has 1 fully saturated rings. The van der Waals surface area contributed by atoms with Gasteiger partial charge in [0.25, 0.3) is 0 Å². The number of carboxylic acids is 1. The lowest BCUT2D eigenvalue weighted by atomic mass is 9.68. The number of hydrogen-bond acceptors (Lipinski definition) is 2. The molecule has 4 heteroatoms. The molecule has 0 aliphatic heterocycles. The number of carbonyl (C=O) groups is 2. The van der Waals surface area contributed by atoms with Gasteiger partial charge in [-0.25, -0.2) is 0 Å². The molecule has 0 saturated heterocycles. The van der Waals surface area contributed by atoms with Crippen LogP contribution in [0.15, 0.2) is 28.7 Å². The summed E-state index contributed by atoms with van der Waals surface area (Å²) in [7, 11) is 0. The van der Waals surface area contributed by atoms with Gasteiger partial charge in [0, 0.05) is 16.5 Å². The van der Waals surface area contributed by atoms with Gasteiger partial charge in [-0.15, -0.1) is 0 Å². The van der Waals surface area contributed by atoms with E-state index in [-0.39, 0.29) is 17.6 Å². The van der Waals surface area contributed by atoms with Gasteiger partial charge in [-0.2, -0.15) is 0 Å². The van der Waals surface area contributed by atoms with Gasteiger partial charge in [0.1, 0.15) is 0 Å². The average Bonchev–Trinajstić information content (AvgIpc) is 2.39. The standard InChI is InChI=1S/C16H19BrO3/c17-13-6-4-12(5-7-13)14(18)10-16(11-15(19)20)8-2-1-3-9-16/h4-7H,1-3,8-11H2,(H,19,20). The molecular weight excluding hydrogens is 320 g/mol. The first-order chi connectivity index (χ1) is 9.51. The first-order valence-electron chi connectivity index (χ1n) is 7.01. The van der Waals surface area contributed by atoms with Crippen molar-refractivity contribution in [2.75, 3.05) is 0 Å². The first kappa shape index (κ1) is 15.2. The van der Waals surface area contributed by atoms with E-state index in [0.29, 0.717) is 12.0 Å². The molecule has 1 saturated carbocycles. The van der Waals surface area contributed by atoms with Gasteiger partial charge in [0.05, 0.1) is 6.42 Å². The van der Waals surface area contributed by atoms with Crippen LogP contribution in [-0.4, -0.2) is 16.9 Å². The fourth-order valence-corrected chi connectivity index (χ4v) is 3.38. The number of hydrogen-bond donors (Lipinski definition) is 1. The Labute approximate surface area is 127 Å². The van der Waals surface area contributed by atoms with Crippen LogP contribution in [-0.2, 0) is 4.79 Å². The zero-order chi connectivity index (χ0) is 14.6. The van der Waals surface area contributed by atoms with E-state index in [1.54, 1.807) is 12.1 Å². The van der Waals surface area contributed by atoms with Crippen molar-refractivity contribution < 1.29 is 14.7 Å². The molecule has 1 N–H and O–H groups in total. The van der Waals surface area contributed by atoms with E-state index in [9.17, 15) is 9.59 Å². The Bertz CT molecular complexity index is 487. The van der Waals surface area contributed by atoms with Crippen molar-refractivity contribution in [2.45, 2.75) is 44.9 Å². The monoisotopic (exact) mass is 338 g/mol. The highest BCUT2D eigenvalue weighted by Gasteiger charge is 2.36. The number of halogens is 1. The SMILES string of the molecule is O=C(O)CC1(CC(=O)c2ccc(Br)cc2)CCCCC1. The zero-order valence-corrected chi connectivity index (χ0v) is 13.0. The first-order valence-corrected chi connectivity index (χ1v) is 7.81. The smallest absolute Gasteiger partial charge is 0.303 e. The summed E-state index contributed by atoms with van der Waals surface area (Å²) in [5, 5.41) is 9.13. The lowest BCUT2D eigenvalue weighted by Crippen LogP contribution is -2.30. The third-order valence-electron chi connectivity index (χ3n) is 4.14. The molecule has 2 rings (SSSR count). The van der Waals surface area contributed by atoms with E-state index >= 15 is 0 Å². The lowest BCUT2D eigenvalue weighted by Gasteiger charge is -2.35. The van der Waals surface area contributed by atoms with E-state index < -0.39 is 5.97 Å². The van der Waals surface area contributed by atoms with Gasteiger partial charge in [0.15, 0.2) is 5.78 Å². The second kappa shape index (κ2) is 6.53. The number of ketones is 1. The van der Waals surface area contributed by atoms with Crippen LogP contribution >= 0.6 is 15.9 Å². The molecule has 0 amide bonds. The number of Topliss-reactive ketones (excluding diaryl/α,β-unsaturated/α-hetero) is 1. The van der Waals surface area contributed by atoms with E-state index in [0.717, 1.165) is 36.6 Å². The molecule has 0 aromatic heterocycles. The van der Waals surface area contributed by atoms with E-state index in [1.807, 2.05) is 12.1 Å². The van der Waals surface area contributed by atoms with Crippen molar-refractivity contribution in [3.8, 4) is 0 Å². The van der Waals surface area contributed by atoms with Crippen LogP contribution in [0.3, 0.4) is 0 Å². The summed E-state index contributed by atoms with van der Waals surface area (Å²) in [6.07, 6.45) is 5.36. The van der Waals surface area contributed by atoms with Gasteiger partial charge in [-0.3, -0.25) is 9.59 Å². The minimum absolute atomic E-state index is 0.0562. The maximum Gasteiger partial charge on any atom is 0.303 e. The molecular formula is C16H19BrO3. The Hall–Kier alpha value is -1.16. The molecule has 0 spiro atoms. The Morgan fingerprint density at radius 1 is 1.05 bits per heavy atom. The van der Waals surface area contributed by atoms with Crippen molar-refractivity contribution in [3.05, 3.63) is 34.3 Å². The summed E-state index contributed by atoms with van der Waals surface area (Å²) in [6, 6.07) is 7.28. The molecule has 0 heterocycles. The number of rotatable bonds is 5. The van der Waals surface area contributed by atoms with E-state index in [2.05, 4.69) is 15.9 Å². The summed E-state index contributed by atoms with van der Waals surface area (Å²) in [5.41, 5.74) is 0.331. The quantitative estimate of drug-likeness (QED) is 0.807. The zero-order valence-electron chi connectivity index (χ0n) is 11.4. The van der Waals surface area contributed by atoms with E-state index in [4.69, 9.17) is 5.11 Å². The van der Waals surface area contributed by atoms with Gasteiger partial charge in [-0.1, -0.05) is 47.3 Å². The predicted octanol–water partition coefficient (Wildman–Crippen LogP) is 4.45. The summed E-state index contributed by atoms with van der Waals surface area (Å²) in [5.74, 6) is -0.740. The summed E-state index contributed by atoms with van der Waals surface area (Å²) in [6.45, 7) is 0. The minimum atomic E-state index is -0.796. The van der Waals surface area contributed by atoms with Crippen LogP contribution in [0.5, 0.6) is 0 Å². The third-order valence-corrected chi connectivity index (χ3v) is 4.67. The number of aliphatic carboxylic acids is 1. The topological polar surface area (TPSA) is 54.4 Å². The van der Waals surface area contributed by atoms with Gasteiger partial charge >= 0.3 is 5.97 Å². The Morgan fingerprint density at radius 2 is 1.65 bits per heavy atom. The molecule has 3 nitrogen and oxygen atoms in total. The van der Waals surface area contributed by atoms with Gasteiger partial charge in [0.2, 0.25) is 0 Å². The second-order valence-corrected chi connectivity index (χ2v) is 6.65. The fraction of sp³-hybridized carbons (Fsp3) is 0.500. The molecule has 20 heavy (non-hydrogen) atoms. The Kier molecular flexibility index (Phi) is 4.97. The fourth-order valence-electron chi connectivity index (χ4n) is 3.12.